The number of carboxylic acid groups (broad SMARTS) is 1. The van der Waals surface area contributed by atoms with E-state index in [2.05, 4.69) is 0 Å². The lowest BCUT2D eigenvalue weighted by atomic mass is 9.97. The van der Waals surface area contributed by atoms with Gasteiger partial charge < -0.3 is 14.6 Å². The van der Waals surface area contributed by atoms with Crippen LogP contribution < -0.4 is 0 Å². The average molecular weight is 216 g/mol. The topological polar surface area (TPSA) is 55.8 Å². The van der Waals surface area contributed by atoms with E-state index in [9.17, 15) is 4.79 Å². The van der Waals surface area contributed by atoms with Gasteiger partial charge in [-0.15, -0.1) is 0 Å². The molecule has 0 saturated carbocycles. The number of aliphatic carboxylic acids is 1. The third-order valence-corrected chi connectivity index (χ3v) is 2.73. The van der Waals surface area contributed by atoms with Gasteiger partial charge in [-0.1, -0.05) is 13.3 Å². The highest BCUT2D eigenvalue weighted by molar-refractivity contribution is 5.71. The number of hydrogen-bond donors (Lipinski definition) is 1. The van der Waals surface area contributed by atoms with Crippen LogP contribution in [-0.2, 0) is 14.3 Å². The summed E-state index contributed by atoms with van der Waals surface area (Å²) in [6.07, 6.45) is 2.19. The van der Waals surface area contributed by atoms with E-state index in [1.54, 1.807) is 0 Å². The number of hydrogen-bond acceptors (Lipinski definition) is 3. The highest BCUT2D eigenvalue weighted by Gasteiger charge is 2.39. The molecule has 0 amide bonds. The van der Waals surface area contributed by atoms with E-state index in [1.165, 1.54) is 0 Å². The smallest absolute Gasteiger partial charge is 0.309 e. The molecule has 3 unspecified atom stereocenters. The Hall–Kier alpha value is -0.610. The third-order valence-electron chi connectivity index (χ3n) is 2.73. The van der Waals surface area contributed by atoms with Crippen LogP contribution in [0.3, 0.4) is 0 Å². The average Bonchev–Trinajstić information content (AvgIpc) is 2.59. The lowest BCUT2D eigenvalue weighted by molar-refractivity contribution is -0.143. The van der Waals surface area contributed by atoms with Crippen molar-refractivity contribution in [2.45, 2.75) is 45.3 Å². The van der Waals surface area contributed by atoms with Crippen molar-refractivity contribution in [1.29, 1.82) is 0 Å². The van der Waals surface area contributed by atoms with Crippen LogP contribution in [0, 0.1) is 5.92 Å². The molecule has 4 nitrogen and oxygen atoms in total. The van der Waals surface area contributed by atoms with Crippen LogP contribution in [0.5, 0.6) is 0 Å². The number of carboxylic acids is 1. The first-order valence-electron chi connectivity index (χ1n) is 5.65. The predicted molar refractivity (Wildman–Crippen MR) is 55.8 cm³/mol. The van der Waals surface area contributed by atoms with E-state index >= 15 is 0 Å². The fraction of sp³-hybridized carbons (Fsp3) is 0.909. The summed E-state index contributed by atoms with van der Waals surface area (Å²) in [5, 5.41) is 9.03. The van der Waals surface area contributed by atoms with Gasteiger partial charge in [-0.25, -0.2) is 0 Å². The lowest BCUT2D eigenvalue weighted by Crippen LogP contribution is -2.23. The molecule has 1 heterocycles. The van der Waals surface area contributed by atoms with Gasteiger partial charge in [-0.3, -0.25) is 4.79 Å². The Morgan fingerprint density at radius 1 is 1.53 bits per heavy atom. The Bertz CT molecular complexity index is 205. The Morgan fingerprint density at radius 2 is 2.27 bits per heavy atom. The van der Waals surface area contributed by atoms with Gasteiger partial charge in [0.1, 0.15) is 0 Å². The van der Waals surface area contributed by atoms with Crippen LogP contribution in [0.15, 0.2) is 0 Å². The summed E-state index contributed by atoms with van der Waals surface area (Å²) in [5.41, 5.74) is 0. The summed E-state index contributed by atoms with van der Waals surface area (Å²) in [6.45, 7) is 5.13. The third kappa shape index (κ3) is 3.47. The quantitative estimate of drug-likeness (QED) is 0.734. The Labute approximate surface area is 90.6 Å². The maximum absolute atomic E-state index is 11.0. The van der Waals surface area contributed by atoms with Crippen LogP contribution in [0.4, 0.5) is 0 Å². The summed E-state index contributed by atoms with van der Waals surface area (Å²) >= 11 is 0. The minimum Gasteiger partial charge on any atom is -0.481 e. The van der Waals surface area contributed by atoms with Crippen LogP contribution >= 0.6 is 0 Å². The zero-order valence-corrected chi connectivity index (χ0v) is 9.44. The molecular formula is C11H20O4. The molecule has 0 radical (unpaired) electrons. The van der Waals surface area contributed by atoms with E-state index in [0.29, 0.717) is 19.6 Å². The predicted octanol–water partition coefficient (Wildman–Crippen LogP) is 1.68. The van der Waals surface area contributed by atoms with E-state index in [1.807, 2.05) is 13.8 Å². The highest BCUT2D eigenvalue weighted by Crippen LogP contribution is 2.29. The largest absolute Gasteiger partial charge is 0.481 e. The summed E-state index contributed by atoms with van der Waals surface area (Å²) < 4.78 is 10.9. The van der Waals surface area contributed by atoms with Crippen LogP contribution in [-0.4, -0.2) is 36.5 Å². The highest BCUT2D eigenvalue weighted by atomic mass is 16.5. The first-order valence-corrected chi connectivity index (χ1v) is 5.65. The van der Waals surface area contributed by atoms with E-state index < -0.39 is 5.97 Å². The molecule has 1 aliphatic heterocycles. The molecule has 0 aromatic heterocycles. The molecule has 0 aliphatic carbocycles. The van der Waals surface area contributed by atoms with Gasteiger partial charge in [-0.2, -0.15) is 0 Å². The first-order chi connectivity index (χ1) is 7.19. The molecule has 0 spiro atoms. The van der Waals surface area contributed by atoms with E-state index in [-0.39, 0.29) is 18.1 Å². The summed E-state index contributed by atoms with van der Waals surface area (Å²) in [6, 6.07) is 0. The second-order valence-corrected chi connectivity index (χ2v) is 3.93. The molecule has 3 atom stereocenters. The lowest BCUT2D eigenvalue weighted by Gasteiger charge is -2.14. The van der Waals surface area contributed by atoms with Crippen molar-refractivity contribution in [1.82, 2.24) is 0 Å². The Morgan fingerprint density at radius 3 is 2.80 bits per heavy atom. The fourth-order valence-corrected chi connectivity index (χ4v) is 2.00. The number of rotatable bonds is 6. The molecule has 15 heavy (non-hydrogen) atoms. The van der Waals surface area contributed by atoms with Crippen LogP contribution in [0.25, 0.3) is 0 Å². The van der Waals surface area contributed by atoms with Crippen LogP contribution in [0.2, 0.25) is 0 Å². The van der Waals surface area contributed by atoms with Gasteiger partial charge in [-0.05, 0) is 19.8 Å². The van der Waals surface area contributed by atoms with Gasteiger partial charge in [0.15, 0.2) is 0 Å². The molecule has 1 saturated heterocycles. The molecule has 4 heteroatoms. The van der Waals surface area contributed by atoms with Crippen molar-refractivity contribution in [3.63, 3.8) is 0 Å². The van der Waals surface area contributed by atoms with Crippen molar-refractivity contribution in [2.75, 3.05) is 13.2 Å². The Balaban J connectivity index is 2.45. The summed E-state index contributed by atoms with van der Waals surface area (Å²) in [4.78, 5) is 11.0. The second-order valence-electron chi connectivity index (χ2n) is 3.93. The maximum atomic E-state index is 11.0. The zero-order valence-electron chi connectivity index (χ0n) is 9.44. The van der Waals surface area contributed by atoms with Crippen molar-refractivity contribution in [3.8, 4) is 0 Å². The SMILES string of the molecule is CCCC1OC(COCC)CC1C(=O)O. The van der Waals surface area contributed by atoms with Crippen molar-refractivity contribution in [2.24, 2.45) is 5.92 Å². The van der Waals surface area contributed by atoms with Gasteiger partial charge in [0.2, 0.25) is 0 Å². The van der Waals surface area contributed by atoms with Gasteiger partial charge in [0.05, 0.1) is 24.7 Å². The summed E-state index contributed by atoms with van der Waals surface area (Å²) in [5.74, 6) is -1.09. The molecular weight excluding hydrogens is 196 g/mol. The minimum atomic E-state index is -0.743. The maximum Gasteiger partial charge on any atom is 0.309 e. The minimum absolute atomic E-state index is 0.0393. The Kier molecular flexibility index (Phi) is 5.05. The van der Waals surface area contributed by atoms with Gasteiger partial charge >= 0.3 is 5.97 Å². The van der Waals surface area contributed by atoms with E-state index in [4.69, 9.17) is 14.6 Å². The zero-order chi connectivity index (χ0) is 11.3. The van der Waals surface area contributed by atoms with Crippen molar-refractivity contribution >= 4 is 5.97 Å². The fourth-order valence-electron chi connectivity index (χ4n) is 2.00. The normalized spacial score (nSPS) is 30.7. The molecule has 88 valence electrons. The standard InChI is InChI=1S/C11H20O4/c1-3-5-10-9(11(12)13)6-8(15-10)7-14-4-2/h8-10H,3-7H2,1-2H3,(H,12,13). The second kappa shape index (κ2) is 6.08. The van der Waals surface area contributed by atoms with Crippen molar-refractivity contribution in [3.05, 3.63) is 0 Å². The molecule has 0 bridgehead atoms. The first kappa shape index (κ1) is 12.5. The van der Waals surface area contributed by atoms with Gasteiger partial charge in [0.25, 0.3) is 0 Å². The van der Waals surface area contributed by atoms with Crippen molar-refractivity contribution < 1.29 is 19.4 Å². The van der Waals surface area contributed by atoms with Crippen LogP contribution in [0.1, 0.15) is 33.1 Å². The monoisotopic (exact) mass is 216 g/mol. The number of ether oxygens (including phenoxy) is 2. The molecule has 1 aliphatic rings. The van der Waals surface area contributed by atoms with E-state index in [0.717, 1.165) is 12.8 Å². The molecule has 1 rings (SSSR count). The summed E-state index contributed by atoms with van der Waals surface area (Å²) in [7, 11) is 0. The molecule has 0 aromatic rings. The van der Waals surface area contributed by atoms with Gasteiger partial charge in [0, 0.05) is 6.61 Å². The number of carbonyl (C=O) groups is 1. The molecule has 1 N–H and O–H groups in total. The molecule has 1 fully saturated rings. The molecule has 0 aromatic carbocycles.